The van der Waals surface area contributed by atoms with Gasteiger partial charge in [0.1, 0.15) is 5.76 Å². The number of hydrogen-bond acceptors (Lipinski definition) is 2. The van der Waals surface area contributed by atoms with E-state index in [9.17, 15) is 0 Å². The van der Waals surface area contributed by atoms with E-state index in [1.807, 2.05) is 0 Å². The molecule has 0 aliphatic rings. The number of allylic oxidation sites excluding steroid dienone is 1. The Hall–Kier alpha value is -1.02. The van der Waals surface area contributed by atoms with Gasteiger partial charge >= 0.3 is 0 Å². The fourth-order valence-corrected chi connectivity index (χ4v) is 2.03. The van der Waals surface area contributed by atoms with Crippen molar-refractivity contribution in [2.24, 2.45) is 0 Å². The van der Waals surface area contributed by atoms with Crippen LogP contribution in [0.1, 0.15) is 57.4 Å². The highest BCUT2D eigenvalue weighted by Gasteiger charge is 2.15. The van der Waals surface area contributed by atoms with Crippen LogP contribution in [0.3, 0.4) is 0 Å². The first kappa shape index (κ1) is 14.0. The van der Waals surface area contributed by atoms with Crippen LogP contribution < -0.4 is 5.32 Å². The average molecular weight is 235 g/mol. The summed E-state index contributed by atoms with van der Waals surface area (Å²) in [6.45, 7) is 11.5. The lowest BCUT2D eigenvalue weighted by Crippen LogP contribution is -2.22. The molecule has 1 heterocycles. The number of aryl methyl sites for hydroxylation is 1. The standard InChI is InChI=1S/C15H25NO/c1-5-10-16-14(8-7-12(3)4)13-9-11-17-15(13)6-2/h9,11,14,16H,3,5-8,10H2,1-2,4H3. The SMILES string of the molecule is C=C(C)CCC(NCCC)c1ccoc1CC. The van der Waals surface area contributed by atoms with Crippen molar-refractivity contribution in [1.82, 2.24) is 5.32 Å². The minimum atomic E-state index is 0.403. The van der Waals surface area contributed by atoms with E-state index in [1.165, 1.54) is 11.1 Å². The Morgan fingerprint density at radius 1 is 1.47 bits per heavy atom. The highest BCUT2D eigenvalue weighted by atomic mass is 16.3. The molecule has 0 aliphatic carbocycles. The van der Waals surface area contributed by atoms with Gasteiger partial charge in [-0.2, -0.15) is 0 Å². The van der Waals surface area contributed by atoms with Crippen molar-refractivity contribution in [3.8, 4) is 0 Å². The lowest BCUT2D eigenvalue weighted by molar-refractivity contribution is 0.467. The van der Waals surface area contributed by atoms with Crippen molar-refractivity contribution in [1.29, 1.82) is 0 Å². The summed E-state index contributed by atoms with van der Waals surface area (Å²) in [6, 6.07) is 2.50. The maximum absolute atomic E-state index is 5.52. The van der Waals surface area contributed by atoms with E-state index in [0.717, 1.165) is 38.0 Å². The normalized spacial score (nSPS) is 12.6. The summed E-state index contributed by atoms with van der Waals surface area (Å²) in [4.78, 5) is 0. The second kappa shape index (κ2) is 7.33. The third-order valence-electron chi connectivity index (χ3n) is 2.98. The summed E-state index contributed by atoms with van der Waals surface area (Å²) >= 11 is 0. The zero-order valence-corrected chi connectivity index (χ0v) is 11.4. The first-order valence-electron chi connectivity index (χ1n) is 6.63. The Kier molecular flexibility index (Phi) is 6.06. The van der Waals surface area contributed by atoms with Crippen LogP contribution in [0.5, 0.6) is 0 Å². The van der Waals surface area contributed by atoms with Gasteiger partial charge in [0.05, 0.1) is 6.26 Å². The Morgan fingerprint density at radius 3 is 2.82 bits per heavy atom. The molecular formula is C15H25NO. The van der Waals surface area contributed by atoms with Crippen molar-refractivity contribution < 1.29 is 4.42 Å². The molecule has 1 rings (SSSR count). The van der Waals surface area contributed by atoms with Gasteiger partial charge < -0.3 is 9.73 Å². The topological polar surface area (TPSA) is 25.2 Å². The van der Waals surface area contributed by atoms with E-state index in [2.05, 4.69) is 38.7 Å². The number of nitrogens with one attached hydrogen (secondary N) is 1. The summed E-state index contributed by atoms with van der Waals surface area (Å²) in [7, 11) is 0. The van der Waals surface area contributed by atoms with Crippen LogP contribution in [0.4, 0.5) is 0 Å². The van der Waals surface area contributed by atoms with Gasteiger partial charge in [0, 0.05) is 18.0 Å². The zero-order valence-electron chi connectivity index (χ0n) is 11.4. The Bertz CT molecular complexity index is 340. The largest absolute Gasteiger partial charge is 0.469 e. The van der Waals surface area contributed by atoms with E-state index in [4.69, 9.17) is 4.42 Å². The van der Waals surface area contributed by atoms with E-state index < -0.39 is 0 Å². The van der Waals surface area contributed by atoms with Crippen molar-refractivity contribution >= 4 is 0 Å². The maximum Gasteiger partial charge on any atom is 0.108 e. The highest BCUT2D eigenvalue weighted by Crippen LogP contribution is 2.25. The minimum Gasteiger partial charge on any atom is -0.469 e. The van der Waals surface area contributed by atoms with Gasteiger partial charge in [-0.1, -0.05) is 19.4 Å². The van der Waals surface area contributed by atoms with E-state index in [0.29, 0.717) is 6.04 Å². The van der Waals surface area contributed by atoms with Gasteiger partial charge in [-0.25, -0.2) is 0 Å². The molecule has 0 saturated heterocycles. The van der Waals surface area contributed by atoms with Gasteiger partial charge in [0.15, 0.2) is 0 Å². The molecule has 2 heteroatoms. The second-order valence-corrected chi connectivity index (χ2v) is 4.66. The molecule has 1 N–H and O–H groups in total. The summed E-state index contributed by atoms with van der Waals surface area (Å²) < 4.78 is 5.52. The molecule has 1 atom stereocenters. The first-order valence-corrected chi connectivity index (χ1v) is 6.63. The molecule has 0 spiro atoms. The van der Waals surface area contributed by atoms with E-state index >= 15 is 0 Å². The van der Waals surface area contributed by atoms with Crippen LogP contribution in [-0.2, 0) is 6.42 Å². The average Bonchev–Trinajstić information content (AvgIpc) is 2.77. The molecule has 0 aliphatic heterocycles. The summed E-state index contributed by atoms with van der Waals surface area (Å²) in [5.41, 5.74) is 2.57. The van der Waals surface area contributed by atoms with Gasteiger partial charge in [-0.3, -0.25) is 0 Å². The predicted octanol–water partition coefficient (Wildman–Crippen LogP) is 4.24. The van der Waals surface area contributed by atoms with E-state index in [1.54, 1.807) is 6.26 Å². The monoisotopic (exact) mass is 235 g/mol. The fourth-order valence-electron chi connectivity index (χ4n) is 2.03. The number of hydrogen-bond donors (Lipinski definition) is 1. The van der Waals surface area contributed by atoms with Crippen LogP contribution in [0.25, 0.3) is 0 Å². The molecule has 0 radical (unpaired) electrons. The second-order valence-electron chi connectivity index (χ2n) is 4.66. The molecule has 1 unspecified atom stereocenters. The maximum atomic E-state index is 5.52. The molecule has 2 nitrogen and oxygen atoms in total. The van der Waals surface area contributed by atoms with Gasteiger partial charge in [-0.15, -0.1) is 6.58 Å². The van der Waals surface area contributed by atoms with Crippen molar-refractivity contribution in [2.75, 3.05) is 6.54 Å². The summed E-state index contributed by atoms with van der Waals surface area (Å²) in [5, 5.41) is 3.60. The van der Waals surface area contributed by atoms with Crippen LogP contribution in [-0.4, -0.2) is 6.54 Å². The van der Waals surface area contributed by atoms with Crippen LogP contribution in [0.15, 0.2) is 28.9 Å². The zero-order chi connectivity index (χ0) is 12.7. The Balaban J connectivity index is 2.70. The molecule has 0 bridgehead atoms. The number of rotatable bonds is 8. The van der Waals surface area contributed by atoms with E-state index in [-0.39, 0.29) is 0 Å². The van der Waals surface area contributed by atoms with Gasteiger partial charge in [0.2, 0.25) is 0 Å². The molecule has 0 aromatic carbocycles. The van der Waals surface area contributed by atoms with Crippen molar-refractivity contribution in [3.05, 3.63) is 35.8 Å². The van der Waals surface area contributed by atoms with Gasteiger partial charge in [0.25, 0.3) is 0 Å². The fraction of sp³-hybridized carbons (Fsp3) is 0.600. The lowest BCUT2D eigenvalue weighted by Gasteiger charge is -2.18. The summed E-state index contributed by atoms with van der Waals surface area (Å²) in [5.74, 6) is 1.11. The summed E-state index contributed by atoms with van der Waals surface area (Å²) in [6.07, 6.45) is 6.08. The van der Waals surface area contributed by atoms with Crippen LogP contribution in [0.2, 0.25) is 0 Å². The quantitative estimate of drug-likeness (QED) is 0.682. The van der Waals surface area contributed by atoms with Crippen molar-refractivity contribution in [3.63, 3.8) is 0 Å². The van der Waals surface area contributed by atoms with Gasteiger partial charge in [-0.05, 0) is 38.8 Å². The third-order valence-corrected chi connectivity index (χ3v) is 2.98. The molecule has 0 fully saturated rings. The Morgan fingerprint density at radius 2 is 2.24 bits per heavy atom. The third kappa shape index (κ3) is 4.39. The highest BCUT2D eigenvalue weighted by molar-refractivity contribution is 5.21. The molecule has 0 amide bonds. The Labute approximate surface area is 105 Å². The number of furan rings is 1. The molecule has 96 valence electrons. The first-order chi connectivity index (χ1) is 8.19. The van der Waals surface area contributed by atoms with Crippen molar-refractivity contribution in [2.45, 2.75) is 52.5 Å². The van der Waals surface area contributed by atoms with Crippen LogP contribution >= 0.6 is 0 Å². The smallest absolute Gasteiger partial charge is 0.108 e. The minimum absolute atomic E-state index is 0.403. The molecular weight excluding hydrogens is 210 g/mol. The molecule has 17 heavy (non-hydrogen) atoms. The lowest BCUT2D eigenvalue weighted by atomic mass is 9.99. The molecule has 0 saturated carbocycles. The molecule has 1 aromatic heterocycles. The predicted molar refractivity (Wildman–Crippen MR) is 73.2 cm³/mol. The van der Waals surface area contributed by atoms with Crippen LogP contribution in [0, 0.1) is 0 Å². The molecule has 1 aromatic rings.